The predicted octanol–water partition coefficient (Wildman–Crippen LogP) is 4.97. The van der Waals surface area contributed by atoms with Gasteiger partial charge in [-0.15, -0.1) is 0 Å². The van der Waals surface area contributed by atoms with E-state index >= 15 is 4.39 Å². The van der Waals surface area contributed by atoms with E-state index < -0.39 is 62.0 Å². The molecule has 28 heavy (non-hydrogen) atoms. The molecule has 168 valence electrons. The maximum atomic E-state index is 15.1. The molecule has 0 spiro atoms. The molecule has 1 N–H and O–H groups in total. The lowest BCUT2D eigenvalue weighted by atomic mass is 9.58. The first-order valence-corrected chi connectivity index (χ1v) is 8.70. The molecule has 1 saturated carbocycles. The fourth-order valence-corrected chi connectivity index (χ4v) is 3.89. The van der Waals surface area contributed by atoms with Gasteiger partial charge in [-0.05, 0) is 20.3 Å². The average Bonchev–Trinajstić information content (AvgIpc) is 2.41. The van der Waals surface area contributed by atoms with E-state index in [4.69, 9.17) is 4.55 Å². The lowest BCUT2D eigenvalue weighted by molar-refractivity contribution is -0.497. The van der Waals surface area contributed by atoms with Crippen LogP contribution in [0.4, 0.5) is 48.3 Å². The number of halogens is 11. The zero-order chi connectivity index (χ0) is 23.2. The summed E-state index contributed by atoms with van der Waals surface area (Å²) in [7, 11) is -5.34. The maximum absolute atomic E-state index is 15.1. The molecule has 0 atom stereocenters. The summed E-state index contributed by atoms with van der Waals surface area (Å²) in [6, 6.07) is 0. The Hall–Kier alpha value is -0.860. The fraction of sp³-hybridized carbons (Fsp3) is 1.00. The molecule has 0 unspecified atom stereocenters. The summed E-state index contributed by atoms with van der Waals surface area (Å²) < 4.78 is 181. The van der Waals surface area contributed by atoms with E-state index in [9.17, 15) is 52.3 Å². The smallest absolute Gasteiger partial charge is 0.285 e. The van der Waals surface area contributed by atoms with Gasteiger partial charge in [-0.2, -0.15) is 52.3 Å². The largest absolute Gasteiger partial charge is 0.384 e. The van der Waals surface area contributed by atoms with E-state index in [1.54, 1.807) is 0 Å². The zero-order valence-electron chi connectivity index (χ0n) is 14.5. The number of hydrogen-bond acceptors (Lipinski definition) is 2. The van der Waals surface area contributed by atoms with Crippen molar-refractivity contribution in [2.75, 3.05) is 0 Å². The van der Waals surface area contributed by atoms with Gasteiger partial charge >= 0.3 is 29.6 Å². The van der Waals surface area contributed by atoms with Gasteiger partial charge in [0.05, 0.1) is 4.75 Å². The zero-order valence-corrected chi connectivity index (χ0v) is 15.4. The highest BCUT2D eigenvalue weighted by Gasteiger charge is 3.02. The maximum Gasteiger partial charge on any atom is 0.384 e. The van der Waals surface area contributed by atoms with Crippen molar-refractivity contribution in [1.29, 1.82) is 0 Å². The van der Waals surface area contributed by atoms with E-state index in [1.165, 1.54) is 0 Å². The minimum absolute atomic E-state index is 0.0443. The van der Waals surface area contributed by atoms with Crippen molar-refractivity contribution < 1.29 is 61.3 Å². The number of rotatable bonds is 4. The van der Waals surface area contributed by atoms with Crippen LogP contribution >= 0.6 is 0 Å². The van der Waals surface area contributed by atoms with Crippen LogP contribution in [0.1, 0.15) is 34.1 Å². The summed E-state index contributed by atoms with van der Waals surface area (Å²) in [6.07, 6.45) is -1.85. The van der Waals surface area contributed by atoms with Crippen molar-refractivity contribution in [3.63, 3.8) is 0 Å². The highest BCUT2D eigenvalue weighted by atomic mass is 32.2. The monoisotopic (exact) mass is 460 g/mol. The van der Waals surface area contributed by atoms with Gasteiger partial charge in [-0.1, -0.05) is 13.8 Å². The molecule has 0 heterocycles. The first-order chi connectivity index (χ1) is 11.7. The molecular formula is C13H15F11O3S. The Kier molecular flexibility index (Phi) is 5.07. The minimum atomic E-state index is -7.35. The molecule has 0 aromatic heterocycles. The quantitative estimate of drug-likeness (QED) is 0.477. The molecule has 0 bridgehead atoms. The van der Waals surface area contributed by atoms with Crippen LogP contribution in [0, 0.1) is 5.41 Å². The number of alkyl halides is 11. The Morgan fingerprint density at radius 3 is 1.14 bits per heavy atom. The average molecular weight is 460 g/mol. The fourth-order valence-electron chi connectivity index (χ4n) is 3.35. The normalized spacial score (nSPS) is 28.0. The van der Waals surface area contributed by atoms with Crippen LogP contribution in [0.3, 0.4) is 0 Å². The molecule has 1 aliphatic carbocycles. The van der Waals surface area contributed by atoms with Gasteiger partial charge < -0.3 is 0 Å². The van der Waals surface area contributed by atoms with Crippen molar-refractivity contribution in [2.24, 2.45) is 5.41 Å². The molecule has 1 aliphatic rings. The summed E-state index contributed by atoms with van der Waals surface area (Å²) in [4.78, 5) is 0. The Morgan fingerprint density at radius 2 is 0.893 bits per heavy atom. The predicted molar refractivity (Wildman–Crippen MR) is 72.6 cm³/mol. The molecule has 0 aliphatic heterocycles. The van der Waals surface area contributed by atoms with E-state index in [1.807, 2.05) is 0 Å². The Morgan fingerprint density at radius 1 is 0.643 bits per heavy atom. The highest BCUT2D eigenvalue weighted by molar-refractivity contribution is 7.87. The third-order valence-electron chi connectivity index (χ3n) is 4.94. The summed E-state index contributed by atoms with van der Waals surface area (Å²) in [5.41, 5.74) is -10.2. The molecule has 0 saturated heterocycles. The van der Waals surface area contributed by atoms with E-state index in [0.717, 1.165) is 0 Å². The standard InChI is InChI=1S/C13H15F11O3S/c1-6(2,5-7(3,4)28(25,26)27)8(14)9(15,16)11(19,20)13(23,24)12(21,22)10(8,17)18/h5H2,1-4H3,(H,25,26,27). The van der Waals surface area contributed by atoms with Gasteiger partial charge in [0.2, 0.25) is 0 Å². The molecule has 0 amide bonds. The molecule has 15 heteroatoms. The van der Waals surface area contributed by atoms with Crippen LogP contribution in [0.15, 0.2) is 0 Å². The molecule has 1 fully saturated rings. The minimum Gasteiger partial charge on any atom is -0.285 e. The number of hydrogen-bond donors (Lipinski definition) is 1. The van der Waals surface area contributed by atoms with Gasteiger partial charge in [-0.3, -0.25) is 4.55 Å². The highest BCUT2D eigenvalue weighted by Crippen LogP contribution is 2.73. The van der Waals surface area contributed by atoms with Crippen LogP contribution in [-0.2, 0) is 10.1 Å². The molecule has 0 aromatic rings. The lowest BCUT2D eigenvalue weighted by Gasteiger charge is -2.58. The second-order valence-electron chi connectivity index (χ2n) is 7.83. The van der Waals surface area contributed by atoms with Crippen molar-refractivity contribution in [2.45, 2.75) is 74.1 Å². The first kappa shape index (κ1) is 25.2. The summed E-state index contributed by atoms with van der Waals surface area (Å²) in [6.45, 7) is 0.851. The van der Waals surface area contributed by atoms with Crippen LogP contribution in [0.5, 0.6) is 0 Å². The Bertz CT molecular complexity index is 726. The van der Waals surface area contributed by atoms with Crippen LogP contribution in [-0.4, -0.2) is 53.0 Å². The van der Waals surface area contributed by atoms with E-state index in [0.29, 0.717) is 13.8 Å². The van der Waals surface area contributed by atoms with Gasteiger partial charge in [0.1, 0.15) is 0 Å². The van der Waals surface area contributed by atoms with Crippen molar-refractivity contribution in [1.82, 2.24) is 0 Å². The second kappa shape index (κ2) is 5.64. The van der Waals surface area contributed by atoms with Crippen LogP contribution in [0.25, 0.3) is 0 Å². The molecule has 0 radical (unpaired) electrons. The van der Waals surface area contributed by atoms with Crippen LogP contribution < -0.4 is 0 Å². The third kappa shape index (κ3) is 2.46. The van der Waals surface area contributed by atoms with E-state index in [2.05, 4.69) is 0 Å². The summed E-state index contributed by atoms with van der Waals surface area (Å²) in [5.74, 6) is -36.1. The molecule has 1 rings (SSSR count). The molecule has 3 nitrogen and oxygen atoms in total. The van der Waals surface area contributed by atoms with Crippen LogP contribution in [0.2, 0.25) is 0 Å². The Balaban J connectivity index is 3.93. The molecule has 0 aromatic carbocycles. The van der Waals surface area contributed by atoms with Gasteiger partial charge in [0, 0.05) is 5.41 Å². The third-order valence-corrected chi connectivity index (χ3v) is 6.48. The summed E-state index contributed by atoms with van der Waals surface area (Å²) >= 11 is 0. The molecular weight excluding hydrogens is 445 g/mol. The van der Waals surface area contributed by atoms with Crippen molar-refractivity contribution in [3.05, 3.63) is 0 Å². The van der Waals surface area contributed by atoms with Gasteiger partial charge in [0.25, 0.3) is 15.8 Å². The van der Waals surface area contributed by atoms with Gasteiger partial charge in [-0.25, -0.2) is 4.39 Å². The first-order valence-electron chi connectivity index (χ1n) is 7.26. The van der Waals surface area contributed by atoms with Gasteiger partial charge in [0.15, 0.2) is 0 Å². The summed E-state index contributed by atoms with van der Waals surface area (Å²) in [5, 5.41) is 0. The van der Waals surface area contributed by atoms with Crippen molar-refractivity contribution >= 4 is 10.1 Å². The van der Waals surface area contributed by atoms with Crippen molar-refractivity contribution in [3.8, 4) is 0 Å². The second-order valence-corrected chi connectivity index (χ2v) is 9.88. The van der Waals surface area contributed by atoms with E-state index in [-0.39, 0.29) is 13.8 Å². The Labute approximate surface area is 152 Å². The SMILES string of the molecule is CC(C)(CC(C)(C)S(=O)(=O)O)C1(F)C(F)(F)C(F)(F)C(F)(F)C(F)(F)C1(F)F. The topological polar surface area (TPSA) is 54.4 Å². The lowest BCUT2D eigenvalue weighted by Crippen LogP contribution is -2.86.